The minimum atomic E-state index is -0.980. The van der Waals surface area contributed by atoms with Crippen molar-refractivity contribution in [2.24, 2.45) is 0 Å². The van der Waals surface area contributed by atoms with Gasteiger partial charge in [-0.05, 0) is 56.7 Å². The first-order valence-corrected chi connectivity index (χ1v) is 11.0. The number of aryl methyl sites for hydroxylation is 1. The van der Waals surface area contributed by atoms with Gasteiger partial charge < -0.3 is 10.1 Å². The molecule has 2 aromatic carbocycles. The van der Waals surface area contributed by atoms with Crippen molar-refractivity contribution in [3.05, 3.63) is 70.9 Å². The summed E-state index contributed by atoms with van der Waals surface area (Å²) in [4.78, 5) is 12.9. The standard InChI is InChI=1S/C22H23N3O3S/c1-14(2)28-17-10-8-16(9-11-17)22(26)23-21-18-12-29(27)13-19(18)24-25(21)20-7-5-4-6-15(20)3/h4-11,14H,12-13H2,1-3H3,(H,23,26). The van der Waals surface area contributed by atoms with Crippen LogP contribution in [0.3, 0.4) is 0 Å². The molecule has 0 saturated carbocycles. The molecule has 0 radical (unpaired) electrons. The first-order chi connectivity index (χ1) is 13.9. The van der Waals surface area contributed by atoms with Crippen molar-refractivity contribution in [3.8, 4) is 11.4 Å². The molecule has 0 aliphatic carbocycles. The highest BCUT2D eigenvalue weighted by molar-refractivity contribution is 7.83. The molecule has 150 valence electrons. The van der Waals surface area contributed by atoms with Gasteiger partial charge in [-0.25, -0.2) is 4.68 Å². The zero-order chi connectivity index (χ0) is 20.5. The smallest absolute Gasteiger partial charge is 0.256 e. The van der Waals surface area contributed by atoms with Crippen molar-refractivity contribution in [2.45, 2.75) is 38.4 Å². The summed E-state index contributed by atoms with van der Waals surface area (Å²) in [6, 6.07) is 14.9. The molecule has 7 heteroatoms. The Labute approximate surface area is 172 Å². The minimum Gasteiger partial charge on any atom is -0.491 e. The molecule has 1 amide bonds. The summed E-state index contributed by atoms with van der Waals surface area (Å²) in [5.74, 6) is 1.89. The number of carbonyl (C=O) groups is 1. The SMILES string of the molecule is Cc1ccccc1-n1nc2c(c1NC(=O)c1ccc(OC(C)C)cc1)CS(=O)C2. The second kappa shape index (κ2) is 7.83. The van der Waals surface area contributed by atoms with Crippen LogP contribution in [0.4, 0.5) is 5.82 Å². The number of aromatic nitrogens is 2. The molecule has 1 atom stereocenters. The van der Waals surface area contributed by atoms with Crippen molar-refractivity contribution in [1.29, 1.82) is 0 Å². The normalized spacial score (nSPS) is 15.4. The van der Waals surface area contributed by atoms with Crippen LogP contribution in [0, 0.1) is 6.92 Å². The summed E-state index contributed by atoms with van der Waals surface area (Å²) in [5, 5.41) is 7.65. The van der Waals surface area contributed by atoms with Gasteiger partial charge in [-0.1, -0.05) is 18.2 Å². The fraction of sp³-hybridized carbons (Fsp3) is 0.273. The van der Waals surface area contributed by atoms with Gasteiger partial charge in [0.2, 0.25) is 0 Å². The van der Waals surface area contributed by atoms with Crippen LogP contribution in [0.5, 0.6) is 5.75 Å². The predicted octanol–water partition coefficient (Wildman–Crippen LogP) is 3.98. The van der Waals surface area contributed by atoms with Gasteiger partial charge in [0, 0.05) is 21.9 Å². The number of benzene rings is 2. The Kier molecular flexibility index (Phi) is 5.24. The van der Waals surface area contributed by atoms with Crippen LogP contribution in [0.15, 0.2) is 48.5 Å². The Balaban J connectivity index is 1.67. The lowest BCUT2D eigenvalue weighted by Crippen LogP contribution is -2.17. The van der Waals surface area contributed by atoms with E-state index in [1.165, 1.54) is 0 Å². The van der Waals surface area contributed by atoms with E-state index in [2.05, 4.69) is 10.4 Å². The highest BCUT2D eigenvalue weighted by Gasteiger charge is 2.28. The van der Waals surface area contributed by atoms with E-state index in [4.69, 9.17) is 4.74 Å². The molecule has 1 aliphatic rings. The number of rotatable bonds is 5. The lowest BCUT2D eigenvalue weighted by Gasteiger charge is -2.13. The molecule has 0 saturated heterocycles. The largest absolute Gasteiger partial charge is 0.491 e. The molecule has 1 N–H and O–H groups in total. The lowest BCUT2D eigenvalue weighted by molar-refractivity contribution is 0.102. The van der Waals surface area contributed by atoms with E-state index in [1.807, 2.05) is 45.0 Å². The summed E-state index contributed by atoms with van der Waals surface area (Å²) in [6.45, 7) is 5.91. The summed E-state index contributed by atoms with van der Waals surface area (Å²) in [5.41, 5.74) is 4.08. The summed E-state index contributed by atoms with van der Waals surface area (Å²) in [7, 11) is -0.980. The number of nitrogens with zero attached hydrogens (tertiary/aromatic N) is 2. The Morgan fingerprint density at radius 3 is 2.55 bits per heavy atom. The van der Waals surface area contributed by atoms with E-state index >= 15 is 0 Å². The third-order valence-electron chi connectivity index (χ3n) is 4.73. The molecule has 29 heavy (non-hydrogen) atoms. The average Bonchev–Trinajstić information content (AvgIpc) is 3.19. The number of carbonyl (C=O) groups excluding carboxylic acids is 1. The molecule has 0 spiro atoms. The van der Waals surface area contributed by atoms with Gasteiger partial charge in [-0.15, -0.1) is 0 Å². The van der Waals surface area contributed by atoms with Crippen LogP contribution in [0.25, 0.3) is 5.69 Å². The molecule has 0 fully saturated rings. The number of ether oxygens (including phenoxy) is 1. The van der Waals surface area contributed by atoms with Gasteiger partial charge in [0.1, 0.15) is 11.6 Å². The van der Waals surface area contributed by atoms with Gasteiger partial charge in [-0.3, -0.25) is 9.00 Å². The molecule has 1 unspecified atom stereocenters. The van der Waals surface area contributed by atoms with Gasteiger partial charge in [0.25, 0.3) is 5.91 Å². The van der Waals surface area contributed by atoms with Gasteiger partial charge in [-0.2, -0.15) is 5.10 Å². The lowest BCUT2D eigenvalue weighted by atomic mass is 10.2. The van der Waals surface area contributed by atoms with E-state index < -0.39 is 10.8 Å². The highest BCUT2D eigenvalue weighted by atomic mass is 32.2. The molecule has 3 aromatic rings. The Morgan fingerprint density at radius 2 is 1.86 bits per heavy atom. The van der Waals surface area contributed by atoms with Crippen molar-refractivity contribution >= 4 is 22.5 Å². The van der Waals surface area contributed by atoms with E-state index in [9.17, 15) is 9.00 Å². The first-order valence-electron chi connectivity index (χ1n) is 9.52. The maximum Gasteiger partial charge on any atom is 0.256 e. The third-order valence-corrected chi connectivity index (χ3v) is 5.94. The topological polar surface area (TPSA) is 73.2 Å². The molecule has 2 heterocycles. The third kappa shape index (κ3) is 3.96. The second-order valence-corrected chi connectivity index (χ2v) is 8.80. The van der Waals surface area contributed by atoms with Crippen molar-refractivity contribution in [1.82, 2.24) is 9.78 Å². The zero-order valence-corrected chi connectivity index (χ0v) is 17.5. The van der Waals surface area contributed by atoms with Crippen molar-refractivity contribution in [3.63, 3.8) is 0 Å². The molecule has 1 aliphatic heterocycles. The number of nitrogens with one attached hydrogen (secondary N) is 1. The number of fused-ring (bicyclic) bond motifs is 1. The Morgan fingerprint density at radius 1 is 1.14 bits per heavy atom. The zero-order valence-electron chi connectivity index (χ0n) is 16.6. The second-order valence-electron chi connectivity index (χ2n) is 7.35. The summed E-state index contributed by atoms with van der Waals surface area (Å²) < 4.78 is 19.4. The maximum absolute atomic E-state index is 12.9. The average molecular weight is 410 g/mol. The van der Waals surface area contributed by atoms with Gasteiger partial charge in [0.05, 0.1) is 29.0 Å². The van der Waals surface area contributed by atoms with Crippen LogP contribution in [-0.4, -0.2) is 26.0 Å². The Bertz CT molecular complexity index is 1090. The molecular weight excluding hydrogens is 386 g/mol. The summed E-state index contributed by atoms with van der Waals surface area (Å²) in [6.07, 6.45) is 0.0709. The predicted molar refractivity (Wildman–Crippen MR) is 114 cm³/mol. The van der Waals surface area contributed by atoms with E-state index in [0.717, 1.165) is 28.3 Å². The number of hydrogen-bond donors (Lipinski definition) is 1. The first kappa shape index (κ1) is 19.4. The molecule has 6 nitrogen and oxygen atoms in total. The monoisotopic (exact) mass is 409 g/mol. The Hall–Kier alpha value is -2.93. The molecular formula is C22H23N3O3S. The maximum atomic E-state index is 12.9. The summed E-state index contributed by atoms with van der Waals surface area (Å²) >= 11 is 0. The van der Waals surface area contributed by atoms with Crippen LogP contribution < -0.4 is 10.1 Å². The van der Waals surface area contributed by atoms with Crippen molar-refractivity contribution in [2.75, 3.05) is 5.32 Å². The number of hydrogen-bond acceptors (Lipinski definition) is 4. The minimum absolute atomic E-state index is 0.0709. The fourth-order valence-electron chi connectivity index (χ4n) is 3.37. The van der Waals surface area contributed by atoms with Crippen LogP contribution in [0.2, 0.25) is 0 Å². The van der Waals surface area contributed by atoms with Crippen LogP contribution in [-0.2, 0) is 22.3 Å². The number of para-hydroxylation sites is 1. The quantitative estimate of drug-likeness (QED) is 0.692. The molecule has 4 rings (SSSR count). The van der Waals surface area contributed by atoms with E-state index in [0.29, 0.717) is 22.9 Å². The highest BCUT2D eigenvalue weighted by Crippen LogP contribution is 2.32. The molecule has 0 bridgehead atoms. The fourth-order valence-corrected chi connectivity index (χ4v) is 4.63. The number of anilines is 1. The van der Waals surface area contributed by atoms with E-state index in [-0.39, 0.29) is 12.0 Å². The van der Waals surface area contributed by atoms with Gasteiger partial charge in [0.15, 0.2) is 0 Å². The van der Waals surface area contributed by atoms with E-state index in [1.54, 1.807) is 28.9 Å². The van der Waals surface area contributed by atoms with Gasteiger partial charge >= 0.3 is 0 Å². The number of amides is 1. The van der Waals surface area contributed by atoms with Crippen LogP contribution >= 0.6 is 0 Å². The molecule has 1 aromatic heterocycles. The van der Waals surface area contributed by atoms with Crippen LogP contribution in [0.1, 0.15) is 41.0 Å². The van der Waals surface area contributed by atoms with Crippen molar-refractivity contribution < 1.29 is 13.7 Å².